The highest BCUT2D eigenvalue weighted by molar-refractivity contribution is 7.98. The summed E-state index contributed by atoms with van der Waals surface area (Å²) in [5.41, 5.74) is 2.37. The van der Waals surface area contributed by atoms with Crippen LogP contribution in [0.3, 0.4) is 0 Å². The Morgan fingerprint density at radius 3 is 2.87 bits per heavy atom. The number of thioether (sulfide) groups is 1. The van der Waals surface area contributed by atoms with Crippen LogP contribution >= 0.6 is 11.8 Å². The van der Waals surface area contributed by atoms with Crippen molar-refractivity contribution in [2.45, 2.75) is 45.3 Å². The Balaban J connectivity index is 1.53. The number of aryl methyl sites for hydroxylation is 2. The maximum absolute atomic E-state index is 13.2. The smallest absolute Gasteiger partial charge is 0.257 e. The fourth-order valence-electron chi connectivity index (χ4n) is 4.23. The van der Waals surface area contributed by atoms with Crippen molar-refractivity contribution in [3.8, 4) is 5.75 Å². The molecule has 0 saturated heterocycles. The summed E-state index contributed by atoms with van der Waals surface area (Å²) in [6.07, 6.45) is 8.33. The van der Waals surface area contributed by atoms with E-state index in [0.29, 0.717) is 73.8 Å². The molecule has 1 atom stereocenters. The Hall–Kier alpha value is -3.80. The molecule has 4 bridgehead atoms. The highest BCUT2D eigenvalue weighted by Gasteiger charge is 2.23. The molecule has 11 nitrogen and oxygen atoms in total. The van der Waals surface area contributed by atoms with E-state index in [4.69, 9.17) is 9.15 Å². The minimum atomic E-state index is -0.682. The summed E-state index contributed by atoms with van der Waals surface area (Å²) >= 11 is 1.61. The molecule has 39 heavy (non-hydrogen) atoms. The number of carbonyl (C=O) groups excluding carboxylic acids is 3. The summed E-state index contributed by atoms with van der Waals surface area (Å²) < 4.78 is 12.7. The molecule has 2 aromatic heterocycles. The van der Waals surface area contributed by atoms with Crippen molar-refractivity contribution in [1.82, 2.24) is 30.5 Å². The van der Waals surface area contributed by atoms with Gasteiger partial charge >= 0.3 is 0 Å². The van der Waals surface area contributed by atoms with Crippen LogP contribution in [0.5, 0.6) is 5.75 Å². The van der Waals surface area contributed by atoms with Crippen LogP contribution in [0.2, 0.25) is 0 Å². The van der Waals surface area contributed by atoms with Crippen molar-refractivity contribution < 1.29 is 23.5 Å². The maximum atomic E-state index is 13.2. The number of fused-ring (bicyclic) bond motifs is 4. The SMILES string of the molecule is CSCC[C@@H]1NC(=O)c2cc(ccc2C)OCCCn2cc(nn2)CN(C(=O)c2ccoc2)CCCNC1=O. The van der Waals surface area contributed by atoms with Gasteiger partial charge < -0.3 is 24.7 Å². The molecule has 0 radical (unpaired) electrons. The number of rotatable bonds is 4. The number of nitrogens with zero attached hydrogens (tertiary/aromatic N) is 4. The highest BCUT2D eigenvalue weighted by atomic mass is 32.2. The van der Waals surface area contributed by atoms with E-state index in [9.17, 15) is 14.4 Å². The molecular formula is C27H34N6O5S. The first-order valence-corrected chi connectivity index (χ1v) is 14.4. The average molecular weight is 555 g/mol. The summed E-state index contributed by atoms with van der Waals surface area (Å²) in [6, 6.07) is 6.32. The lowest BCUT2D eigenvalue weighted by molar-refractivity contribution is -0.123. The lowest BCUT2D eigenvalue weighted by atomic mass is 10.1. The summed E-state index contributed by atoms with van der Waals surface area (Å²) in [7, 11) is 0. The largest absolute Gasteiger partial charge is 0.494 e. The third-order valence-corrected chi connectivity index (χ3v) is 7.03. The predicted octanol–water partition coefficient (Wildman–Crippen LogP) is 2.66. The number of hydrogen-bond acceptors (Lipinski definition) is 8. The summed E-state index contributed by atoms with van der Waals surface area (Å²) in [5, 5.41) is 14.3. The molecule has 3 amide bonds. The zero-order chi connectivity index (χ0) is 27.6. The van der Waals surface area contributed by atoms with Crippen molar-refractivity contribution in [3.63, 3.8) is 0 Å². The first kappa shape index (κ1) is 28.2. The monoisotopic (exact) mass is 554 g/mol. The van der Waals surface area contributed by atoms with E-state index in [1.165, 1.54) is 12.5 Å². The van der Waals surface area contributed by atoms with E-state index in [2.05, 4.69) is 20.9 Å². The van der Waals surface area contributed by atoms with Gasteiger partial charge in [0.05, 0.1) is 31.2 Å². The van der Waals surface area contributed by atoms with Crippen LogP contribution in [0.15, 0.2) is 47.4 Å². The topological polar surface area (TPSA) is 132 Å². The summed E-state index contributed by atoms with van der Waals surface area (Å²) in [5.74, 6) is 0.529. The molecule has 0 aliphatic carbocycles. The molecule has 2 N–H and O–H groups in total. The molecule has 0 unspecified atom stereocenters. The fourth-order valence-corrected chi connectivity index (χ4v) is 4.71. The zero-order valence-corrected chi connectivity index (χ0v) is 23.0. The van der Waals surface area contributed by atoms with Crippen molar-refractivity contribution in [1.29, 1.82) is 0 Å². The Labute approximate surface area is 231 Å². The predicted molar refractivity (Wildman–Crippen MR) is 147 cm³/mol. The highest BCUT2D eigenvalue weighted by Crippen LogP contribution is 2.19. The van der Waals surface area contributed by atoms with Gasteiger partial charge in [-0.2, -0.15) is 11.8 Å². The molecule has 0 spiro atoms. The second-order valence-electron chi connectivity index (χ2n) is 9.34. The van der Waals surface area contributed by atoms with E-state index < -0.39 is 6.04 Å². The van der Waals surface area contributed by atoms with Crippen molar-refractivity contribution in [2.24, 2.45) is 0 Å². The molecular weight excluding hydrogens is 520 g/mol. The molecule has 4 rings (SSSR count). The standard InChI is InChI=1S/C27H34N6O5S/c1-19-5-6-22-15-23(19)25(34)29-24(8-14-39-2)26(35)28-9-3-10-32(27(36)20-7-13-37-18-20)16-21-17-33(31-30-21)11-4-12-38-22/h5-7,13,15,17-18,24H,3-4,8-12,14,16H2,1-2H3,(H,28,35)(H,29,34)/t24-/m0/s1. The average Bonchev–Trinajstić information content (AvgIpc) is 3.63. The third kappa shape index (κ3) is 7.85. The van der Waals surface area contributed by atoms with Crippen LogP contribution in [0.4, 0.5) is 0 Å². The molecule has 12 heteroatoms. The van der Waals surface area contributed by atoms with Gasteiger partial charge in [-0.1, -0.05) is 11.3 Å². The van der Waals surface area contributed by atoms with Gasteiger partial charge in [0, 0.05) is 31.6 Å². The molecule has 1 aliphatic heterocycles. The van der Waals surface area contributed by atoms with Crippen LogP contribution < -0.4 is 15.4 Å². The van der Waals surface area contributed by atoms with Crippen LogP contribution in [0.25, 0.3) is 0 Å². The van der Waals surface area contributed by atoms with Gasteiger partial charge in [-0.15, -0.1) is 5.10 Å². The molecule has 208 valence electrons. The number of benzene rings is 1. The minimum absolute atomic E-state index is 0.193. The summed E-state index contributed by atoms with van der Waals surface area (Å²) in [6.45, 7) is 3.86. The fraction of sp³-hybridized carbons (Fsp3) is 0.444. The lowest BCUT2D eigenvalue weighted by Crippen LogP contribution is -2.47. The molecule has 1 aliphatic rings. The normalized spacial score (nSPS) is 17.6. The first-order chi connectivity index (χ1) is 18.9. The minimum Gasteiger partial charge on any atom is -0.494 e. The van der Waals surface area contributed by atoms with Gasteiger partial charge in [-0.25, -0.2) is 0 Å². The van der Waals surface area contributed by atoms with Gasteiger partial charge in [0.1, 0.15) is 23.7 Å². The van der Waals surface area contributed by atoms with Gasteiger partial charge in [-0.3, -0.25) is 19.1 Å². The van der Waals surface area contributed by atoms with Crippen molar-refractivity contribution in [3.05, 3.63) is 65.4 Å². The number of nitrogens with one attached hydrogen (secondary N) is 2. The van der Waals surface area contributed by atoms with Gasteiger partial charge in [0.25, 0.3) is 11.8 Å². The second kappa shape index (κ2) is 13.8. The van der Waals surface area contributed by atoms with E-state index in [-0.39, 0.29) is 24.3 Å². The van der Waals surface area contributed by atoms with Gasteiger partial charge in [0.15, 0.2) is 0 Å². The Bertz CT molecular complexity index is 1260. The second-order valence-corrected chi connectivity index (χ2v) is 10.3. The van der Waals surface area contributed by atoms with E-state index in [0.717, 1.165) is 5.56 Å². The molecule has 3 aromatic rings. The third-order valence-electron chi connectivity index (χ3n) is 6.38. The number of furan rings is 1. The molecule has 3 heterocycles. The van der Waals surface area contributed by atoms with Crippen LogP contribution in [-0.4, -0.2) is 75.4 Å². The molecule has 1 aromatic carbocycles. The number of carbonyl (C=O) groups is 3. The number of amides is 3. The van der Waals surface area contributed by atoms with Crippen molar-refractivity contribution in [2.75, 3.05) is 31.7 Å². The van der Waals surface area contributed by atoms with Crippen LogP contribution in [-0.2, 0) is 17.9 Å². The Morgan fingerprint density at radius 1 is 1.21 bits per heavy atom. The van der Waals surface area contributed by atoms with Crippen LogP contribution in [0, 0.1) is 6.92 Å². The Morgan fingerprint density at radius 2 is 2.08 bits per heavy atom. The zero-order valence-electron chi connectivity index (χ0n) is 22.2. The quantitative estimate of drug-likeness (QED) is 0.503. The number of hydrogen-bond donors (Lipinski definition) is 2. The van der Waals surface area contributed by atoms with E-state index in [1.54, 1.807) is 33.5 Å². The van der Waals surface area contributed by atoms with E-state index in [1.807, 2.05) is 31.5 Å². The van der Waals surface area contributed by atoms with Crippen molar-refractivity contribution >= 4 is 29.5 Å². The van der Waals surface area contributed by atoms with Crippen LogP contribution in [0.1, 0.15) is 51.2 Å². The van der Waals surface area contributed by atoms with Gasteiger partial charge in [-0.05, 0) is 55.5 Å². The Kier molecular flexibility index (Phi) is 10.0. The number of ether oxygens (including phenoxy) is 1. The molecule has 0 saturated carbocycles. The van der Waals surface area contributed by atoms with E-state index >= 15 is 0 Å². The van der Waals surface area contributed by atoms with Gasteiger partial charge in [0.2, 0.25) is 5.91 Å². The molecule has 0 fully saturated rings. The first-order valence-electron chi connectivity index (χ1n) is 13.0. The lowest BCUT2D eigenvalue weighted by Gasteiger charge is -2.22. The maximum Gasteiger partial charge on any atom is 0.257 e. The number of aromatic nitrogens is 3. The summed E-state index contributed by atoms with van der Waals surface area (Å²) in [4.78, 5) is 41.0.